The smallest absolute Gasteiger partial charge is 0.327 e. The summed E-state index contributed by atoms with van der Waals surface area (Å²) in [5.74, 6) is 0.402. The molecule has 160 valence electrons. The molecule has 0 unspecified atom stereocenters. The summed E-state index contributed by atoms with van der Waals surface area (Å²) in [5.41, 5.74) is 3.24. The summed E-state index contributed by atoms with van der Waals surface area (Å²) in [6.07, 6.45) is 0. The Balaban J connectivity index is 1.76. The molecule has 0 saturated carbocycles. The Morgan fingerprint density at radius 2 is 2.03 bits per heavy atom. The molecule has 0 aliphatic carbocycles. The molecule has 2 heterocycles. The monoisotopic (exact) mass is 475 g/mol. The van der Waals surface area contributed by atoms with Gasteiger partial charge < -0.3 is 14.2 Å². The molecule has 0 aliphatic rings. The normalized spacial score (nSPS) is 11.3. The van der Waals surface area contributed by atoms with Gasteiger partial charge in [0.1, 0.15) is 18.8 Å². The summed E-state index contributed by atoms with van der Waals surface area (Å²) in [7, 11) is 0. The zero-order valence-electron chi connectivity index (χ0n) is 17.7. The first-order chi connectivity index (χ1) is 14.4. The molecule has 0 N–H and O–H groups in total. The molecule has 0 fully saturated rings. The predicted octanol–water partition coefficient (Wildman–Crippen LogP) is 3.86. The Morgan fingerprint density at radius 3 is 2.73 bits per heavy atom. The number of benzene rings is 1. The van der Waals surface area contributed by atoms with E-state index in [1.165, 1.54) is 4.68 Å². The average Bonchev–Trinajstić information content (AvgIpc) is 3.30. The van der Waals surface area contributed by atoms with Crippen LogP contribution in [0.4, 0.5) is 0 Å². The van der Waals surface area contributed by atoms with Gasteiger partial charge in [0.2, 0.25) is 5.82 Å². The molecule has 0 atom stereocenters. The lowest BCUT2D eigenvalue weighted by molar-refractivity contribution is -0.144. The fourth-order valence-corrected chi connectivity index (χ4v) is 3.55. The van der Waals surface area contributed by atoms with Gasteiger partial charge in [0.25, 0.3) is 5.89 Å². The number of esters is 1. The number of halogens is 1. The van der Waals surface area contributed by atoms with E-state index in [4.69, 9.17) is 9.26 Å². The molecule has 0 saturated heterocycles. The third-order valence-electron chi connectivity index (χ3n) is 4.80. The maximum atomic E-state index is 12.4. The second-order valence-electron chi connectivity index (χ2n) is 6.95. The van der Waals surface area contributed by atoms with E-state index in [0.717, 1.165) is 29.9 Å². The molecule has 0 spiro atoms. The number of carbonyl (C=O) groups is 1. The highest BCUT2D eigenvalue weighted by molar-refractivity contribution is 9.10. The van der Waals surface area contributed by atoms with E-state index in [0.29, 0.717) is 29.1 Å². The van der Waals surface area contributed by atoms with Crippen LogP contribution in [-0.4, -0.2) is 57.0 Å². The van der Waals surface area contributed by atoms with Crippen molar-refractivity contribution in [2.45, 2.75) is 34.2 Å². The number of likely N-dealkylation sites (N-methyl/N-ethyl adjacent to an activating group) is 1. The molecular weight excluding hydrogens is 450 g/mol. The first-order valence-electron chi connectivity index (χ1n) is 9.94. The second-order valence-corrected chi connectivity index (χ2v) is 7.74. The fraction of sp³-hybridized carbons (Fsp3) is 0.429. The molecule has 8 nitrogen and oxygen atoms in total. The fourth-order valence-electron chi connectivity index (χ4n) is 3.10. The Hall–Kier alpha value is -2.52. The quantitative estimate of drug-likeness (QED) is 0.434. The van der Waals surface area contributed by atoms with E-state index in [1.54, 1.807) is 0 Å². The van der Waals surface area contributed by atoms with Crippen LogP contribution in [0.2, 0.25) is 0 Å². The van der Waals surface area contributed by atoms with Crippen LogP contribution in [0.3, 0.4) is 0 Å². The highest BCUT2D eigenvalue weighted by Gasteiger charge is 2.23. The highest BCUT2D eigenvalue weighted by Crippen LogP contribution is 2.31. The van der Waals surface area contributed by atoms with Gasteiger partial charge in [0.05, 0.1) is 10.2 Å². The molecule has 30 heavy (non-hydrogen) atoms. The van der Waals surface area contributed by atoms with Gasteiger partial charge in [-0.15, -0.1) is 0 Å². The number of carbonyl (C=O) groups excluding carboxylic acids is 1. The van der Waals surface area contributed by atoms with E-state index >= 15 is 0 Å². The van der Waals surface area contributed by atoms with Gasteiger partial charge in [0.15, 0.2) is 0 Å². The second kappa shape index (κ2) is 9.99. The van der Waals surface area contributed by atoms with Gasteiger partial charge in [-0.25, -0.2) is 4.68 Å². The zero-order valence-corrected chi connectivity index (χ0v) is 19.3. The minimum Gasteiger partial charge on any atom is -0.463 e. The number of ether oxygens (including phenoxy) is 1. The summed E-state index contributed by atoms with van der Waals surface area (Å²) in [6.45, 7) is 10.9. The number of hydrogen-bond donors (Lipinski definition) is 0. The Labute approximate surface area is 184 Å². The standard InChI is InChI=1S/C21H26BrN5O3/c1-5-26(6-2)10-11-29-17(28)13-27-19(18(22)15(4)24-27)21-23-20(25-30-21)16-9-7-8-14(3)12-16/h7-9,12H,5-6,10-11,13H2,1-4H3. The van der Waals surface area contributed by atoms with Crippen molar-refractivity contribution in [1.82, 2.24) is 24.8 Å². The number of hydrogen-bond acceptors (Lipinski definition) is 7. The number of aryl methyl sites for hydroxylation is 2. The summed E-state index contributed by atoms with van der Waals surface area (Å²) < 4.78 is 13.1. The maximum Gasteiger partial charge on any atom is 0.327 e. The zero-order chi connectivity index (χ0) is 21.7. The third-order valence-corrected chi connectivity index (χ3v) is 5.75. The minimum atomic E-state index is -0.364. The van der Waals surface area contributed by atoms with Crippen molar-refractivity contribution in [3.05, 3.63) is 40.0 Å². The Kier molecular flexibility index (Phi) is 7.38. The first kappa shape index (κ1) is 22.2. The number of aromatic nitrogens is 4. The predicted molar refractivity (Wildman–Crippen MR) is 117 cm³/mol. The van der Waals surface area contributed by atoms with Gasteiger partial charge in [0, 0.05) is 12.1 Å². The lowest BCUT2D eigenvalue weighted by Crippen LogP contribution is -2.28. The van der Waals surface area contributed by atoms with E-state index in [2.05, 4.69) is 49.9 Å². The molecule has 9 heteroatoms. The summed E-state index contributed by atoms with van der Waals surface area (Å²) in [4.78, 5) is 19.1. The van der Waals surface area contributed by atoms with Crippen molar-refractivity contribution in [1.29, 1.82) is 0 Å². The van der Waals surface area contributed by atoms with Gasteiger partial charge >= 0.3 is 5.97 Å². The van der Waals surface area contributed by atoms with Crippen LogP contribution in [0.25, 0.3) is 23.0 Å². The Bertz CT molecular complexity index is 1010. The van der Waals surface area contributed by atoms with Crippen LogP contribution in [-0.2, 0) is 16.1 Å². The minimum absolute atomic E-state index is 0.0395. The number of nitrogens with zero attached hydrogens (tertiary/aromatic N) is 5. The molecule has 3 aromatic rings. The van der Waals surface area contributed by atoms with Gasteiger partial charge in [-0.3, -0.25) is 4.79 Å². The molecule has 2 aromatic heterocycles. The molecule has 0 aliphatic heterocycles. The van der Waals surface area contributed by atoms with Crippen molar-refractivity contribution in [2.75, 3.05) is 26.2 Å². The van der Waals surface area contributed by atoms with Gasteiger partial charge in [-0.1, -0.05) is 42.8 Å². The molecule has 0 amide bonds. The van der Waals surface area contributed by atoms with E-state index < -0.39 is 0 Å². The van der Waals surface area contributed by atoms with Crippen molar-refractivity contribution < 1.29 is 14.1 Å². The summed E-state index contributed by atoms with van der Waals surface area (Å²) in [5, 5.41) is 8.52. The lowest BCUT2D eigenvalue weighted by atomic mass is 10.1. The summed E-state index contributed by atoms with van der Waals surface area (Å²) in [6, 6.07) is 7.86. The molecule has 0 radical (unpaired) electrons. The van der Waals surface area contributed by atoms with Crippen LogP contribution in [0, 0.1) is 13.8 Å². The van der Waals surface area contributed by atoms with Crippen LogP contribution < -0.4 is 0 Å². The third kappa shape index (κ3) is 5.14. The van der Waals surface area contributed by atoms with Crippen LogP contribution >= 0.6 is 15.9 Å². The lowest BCUT2D eigenvalue weighted by Gasteiger charge is -2.17. The maximum absolute atomic E-state index is 12.4. The van der Waals surface area contributed by atoms with Crippen LogP contribution in [0.15, 0.2) is 33.3 Å². The largest absolute Gasteiger partial charge is 0.463 e. The highest BCUT2D eigenvalue weighted by atomic mass is 79.9. The van der Waals surface area contributed by atoms with Gasteiger partial charge in [-0.05, 0) is 48.9 Å². The van der Waals surface area contributed by atoms with E-state index in [9.17, 15) is 4.79 Å². The molecule has 1 aromatic carbocycles. The molecule has 3 rings (SSSR count). The molecular formula is C21H26BrN5O3. The topological polar surface area (TPSA) is 86.3 Å². The van der Waals surface area contributed by atoms with Gasteiger partial charge in [-0.2, -0.15) is 10.1 Å². The molecule has 0 bridgehead atoms. The first-order valence-corrected chi connectivity index (χ1v) is 10.7. The van der Waals surface area contributed by atoms with Crippen molar-refractivity contribution in [3.8, 4) is 23.0 Å². The van der Waals surface area contributed by atoms with Crippen LogP contribution in [0.1, 0.15) is 25.1 Å². The number of rotatable bonds is 9. The van der Waals surface area contributed by atoms with Crippen molar-refractivity contribution in [3.63, 3.8) is 0 Å². The average molecular weight is 476 g/mol. The van der Waals surface area contributed by atoms with Crippen molar-refractivity contribution >= 4 is 21.9 Å². The SMILES string of the molecule is CCN(CC)CCOC(=O)Cn1nc(C)c(Br)c1-c1nc(-c2cccc(C)c2)no1. The summed E-state index contributed by atoms with van der Waals surface area (Å²) >= 11 is 3.53. The van der Waals surface area contributed by atoms with E-state index in [1.807, 2.05) is 38.1 Å². The Morgan fingerprint density at radius 1 is 1.27 bits per heavy atom. The van der Waals surface area contributed by atoms with Crippen LogP contribution in [0.5, 0.6) is 0 Å². The van der Waals surface area contributed by atoms with Crippen molar-refractivity contribution in [2.24, 2.45) is 0 Å². The van der Waals surface area contributed by atoms with E-state index in [-0.39, 0.29) is 18.4 Å².